The van der Waals surface area contributed by atoms with Gasteiger partial charge in [-0.3, -0.25) is 0 Å². The number of nitrogens with one attached hydrogen (secondary N) is 1. The van der Waals surface area contributed by atoms with E-state index in [2.05, 4.69) is 5.32 Å². The summed E-state index contributed by atoms with van der Waals surface area (Å²) in [4.78, 5) is 0. The van der Waals surface area contributed by atoms with Crippen molar-refractivity contribution in [2.75, 3.05) is 25.1 Å². The Hall–Kier alpha value is -0.270. The van der Waals surface area contributed by atoms with E-state index in [0.717, 1.165) is 6.26 Å². The second kappa shape index (κ2) is 5.46. The van der Waals surface area contributed by atoms with E-state index in [1.54, 1.807) is 0 Å². The lowest BCUT2D eigenvalue weighted by molar-refractivity contribution is -0.00292. The van der Waals surface area contributed by atoms with E-state index in [9.17, 15) is 17.2 Å². The van der Waals surface area contributed by atoms with Gasteiger partial charge in [0, 0.05) is 19.3 Å². The third-order valence-electron chi connectivity index (χ3n) is 1.29. The molecule has 0 aliphatic rings. The molecule has 0 bridgehead atoms. The van der Waals surface area contributed by atoms with Gasteiger partial charge in [0.05, 0.1) is 5.75 Å². The Morgan fingerprint density at radius 2 is 2.00 bits per heavy atom. The third kappa shape index (κ3) is 8.07. The zero-order valence-electron chi connectivity index (χ0n) is 7.20. The van der Waals surface area contributed by atoms with Crippen molar-refractivity contribution in [3.05, 3.63) is 0 Å². The average molecular weight is 217 g/mol. The molecular weight excluding hydrogens is 204 g/mol. The van der Waals surface area contributed by atoms with Crippen LogP contribution in [0, 0.1) is 0 Å². The molecule has 0 saturated carbocycles. The van der Waals surface area contributed by atoms with Crippen LogP contribution in [0.4, 0.5) is 8.78 Å². The first kappa shape index (κ1) is 12.7. The Balaban J connectivity index is 3.47. The number of hydrogen-bond acceptors (Lipinski definition) is 4. The fourth-order valence-electron chi connectivity index (χ4n) is 0.597. The molecule has 0 radical (unpaired) electrons. The second-order valence-electron chi connectivity index (χ2n) is 2.74. The second-order valence-corrected chi connectivity index (χ2v) is 5.00. The molecular formula is C6H13F2NO3S. The molecule has 1 atom stereocenters. The highest BCUT2D eigenvalue weighted by Crippen LogP contribution is 1.98. The van der Waals surface area contributed by atoms with E-state index >= 15 is 0 Å². The summed E-state index contributed by atoms with van der Waals surface area (Å²) in [6.07, 6.45) is -3.48. The summed E-state index contributed by atoms with van der Waals surface area (Å²) < 4.78 is 44.5. The molecule has 0 spiro atoms. The van der Waals surface area contributed by atoms with Crippen molar-refractivity contribution in [3.8, 4) is 0 Å². The predicted molar refractivity (Wildman–Crippen MR) is 44.6 cm³/mol. The fraction of sp³-hybridized carbons (Fsp3) is 1.00. The monoisotopic (exact) mass is 217 g/mol. The molecule has 0 aliphatic heterocycles. The average Bonchev–Trinajstić information content (AvgIpc) is 1.95. The maximum atomic E-state index is 11.7. The molecule has 0 aromatic carbocycles. The van der Waals surface area contributed by atoms with Gasteiger partial charge in [-0.05, 0) is 0 Å². The van der Waals surface area contributed by atoms with E-state index in [4.69, 9.17) is 5.11 Å². The van der Waals surface area contributed by atoms with E-state index in [0.29, 0.717) is 0 Å². The Bertz CT molecular complexity index is 230. The minimum atomic E-state index is -3.07. The molecule has 0 aromatic rings. The van der Waals surface area contributed by atoms with Gasteiger partial charge in [0.15, 0.2) is 0 Å². The van der Waals surface area contributed by atoms with E-state index in [-0.39, 0.29) is 18.8 Å². The van der Waals surface area contributed by atoms with Crippen molar-refractivity contribution >= 4 is 9.84 Å². The van der Waals surface area contributed by atoms with Gasteiger partial charge < -0.3 is 10.4 Å². The van der Waals surface area contributed by atoms with Gasteiger partial charge in [-0.1, -0.05) is 0 Å². The molecule has 13 heavy (non-hydrogen) atoms. The standard InChI is InChI=1S/C6H13F2NO3S/c1-13(11,12)3-2-9-4-5(10)6(7)8/h5-6,9-10H,2-4H2,1H3. The molecule has 1 unspecified atom stereocenters. The van der Waals surface area contributed by atoms with Gasteiger partial charge >= 0.3 is 0 Å². The van der Waals surface area contributed by atoms with Gasteiger partial charge in [0.1, 0.15) is 15.9 Å². The molecule has 0 rings (SSSR count). The first-order chi connectivity index (χ1) is 5.83. The molecule has 0 amide bonds. The number of sulfone groups is 1. The minimum absolute atomic E-state index is 0.0720. The Morgan fingerprint density at radius 1 is 1.46 bits per heavy atom. The number of aliphatic hydroxyl groups excluding tert-OH is 1. The molecule has 80 valence electrons. The summed E-state index contributed by atoms with van der Waals surface area (Å²) in [5, 5.41) is 11.0. The quantitative estimate of drug-likeness (QED) is 0.574. The molecule has 0 aromatic heterocycles. The van der Waals surface area contributed by atoms with Crippen LogP contribution in [0.15, 0.2) is 0 Å². The van der Waals surface area contributed by atoms with Crippen molar-refractivity contribution < 1.29 is 22.3 Å². The maximum absolute atomic E-state index is 11.7. The first-order valence-corrected chi connectivity index (χ1v) is 5.73. The zero-order chi connectivity index (χ0) is 10.5. The maximum Gasteiger partial charge on any atom is 0.265 e. The molecule has 4 nitrogen and oxygen atoms in total. The van der Waals surface area contributed by atoms with Crippen molar-refractivity contribution in [2.24, 2.45) is 0 Å². The van der Waals surface area contributed by atoms with Gasteiger partial charge in [-0.25, -0.2) is 17.2 Å². The Kier molecular flexibility index (Phi) is 5.34. The van der Waals surface area contributed by atoms with Crippen molar-refractivity contribution in [2.45, 2.75) is 12.5 Å². The lowest BCUT2D eigenvalue weighted by Gasteiger charge is -2.09. The Labute approximate surface area is 75.9 Å². The SMILES string of the molecule is CS(=O)(=O)CCNCC(O)C(F)F. The lowest BCUT2D eigenvalue weighted by Crippen LogP contribution is -2.34. The van der Waals surface area contributed by atoms with Crippen molar-refractivity contribution in [1.82, 2.24) is 5.32 Å². The van der Waals surface area contributed by atoms with Gasteiger partial charge in [-0.2, -0.15) is 0 Å². The van der Waals surface area contributed by atoms with Crippen LogP contribution in [0.25, 0.3) is 0 Å². The number of rotatable bonds is 6. The first-order valence-electron chi connectivity index (χ1n) is 3.67. The highest BCUT2D eigenvalue weighted by Gasteiger charge is 2.15. The van der Waals surface area contributed by atoms with Crippen LogP contribution in [0.5, 0.6) is 0 Å². The lowest BCUT2D eigenvalue weighted by atomic mass is 10.4. The third-order valence-corrected chi connectivity index (χ3v) is 2.24. The molecule has 0 aliphatic carbocycles. The van der Waals surface area contributed by atoms with Crippen LogP contribution in [-0.2, 0) is 9.84 Å². The smallest absolute Gasteiger partial charge is 0.265 e. The fourth-order valence-corrected chi connectivity index (χ4v) is 1.11. The largest absolute Gasteiger partial charge is 0.386 e. The molecule has 0 heterocycles. The van der Waals surface area contributed by atoms with Gasteiger partial charge in [-0.15, -0.1) is 0 Å². The van der Waals surface area contributed by atoms with E-state index < -0.39 is 22.4 Å². The number of alkyl halides is 2. The highest BCUT2D eigenvalue weighted by atomic mass is 32.2. The van der Waals surface area contributed by atoms with Crippen LogP contribution in [0.2, 0.25) is 0 Å². The molecule has 2 N–H and O–H groups in total. The highest BCUT2D eigenvalue weighted by molar-refractivity contribution is 7.90. The summed E-state index contributed by atoms with van der Waals surface area (Å²) in [6, 6.07) is 0. The zero-order valence-corrected chi connectivity index (χ0v) is 8.02. The number of hydrogen-bond donors (Lipinski definition) is 2. The van der Waals surface area contributed by atoms with Crippen molar-refractivity contribution in [3.63, 3.8) is 0 Å². The van der Waals surface area contributed by atoms with E-state index in [1.165, 1.54) is 0 Å². The number of halogens is 2. The molecule has 0 fully saturated rings. The number of aliphatic hydroxyl groups is 1. The Morgan fingerprint density at radius 3 is 2.38 bits per heavy atom. The van der Waals surface area contributed by atoms with Crippen LogP contribution in [0.1, 0.15) is 0 Å². The van der Waals surface area contributed by atoms with Crippen LogP contribution < -0.4 is 5.32 Å². The topological polar surface area (TPSA) is 66.4 Å². The van der Waals surface area contributed by atoms with Crippen molar-refractivity contribution in [1.29, 1.82) is 0 Å². The van der Waals surface area contributed by atoms with Gasteiger partial charge in [0.25, 0.3) is 6.43 Å². The molecule has 0 saturated heterocycles. The molecule has 7 heteroatoms. The summed E-state index contributed by atoms with van der Waals surface area (Å²) in [5.41, 5.74) is 0. The normalized spacial score (nSPS) is 14.8. The minimum Gasteiger partial charge on any atom is -0.386 e. The summed E-state index contributed by atoms with van der Waals surface area (Å²) >= 11 is 0. The summed E-state index contributed by atoms with van der Waals surface area (Å²) in [5.74, 6) is -0.122. The van der Waals surface area contributed by atoms with Crippen LogP contribution >= 0.6 is 0 Å². The van der Waals surface area contributed by atoms with Gasteiger partial charge in [0.2, 0.25) is 0 Å². The summed E-state index contributed by atoms with van der Waals surface area (Å²) in [7, 11) is -3.07. The van der Waals surface area contributed by atoms with Crippen LogP contribution in [-0.4, -0.2) is 51.2 Å². The predicted octanol–water partition coefficient (Wildman–Crippen LogP) is -0.753. The van der Waals surface area contributed by atoms with E-state index in [1.807, 2.05) is 0 Å². The summed E-state index contributed by atoms with van der Waals surface area (Å²) in [6.45, 7) is -0.226. The van der Waals surface area contributed by atoms with Crippen LogP contribution in [0.3, 0.4) is 0 Å².